The van der Waals surface area contributed by atoms with Gasteiger partial charge in [0.2, 0.25) is 5.89 Å². The predicted molar refractivity (Wildman–Crippen MR) is 59.3 cm³/mol. The van der Waals surface area contributed by atoms with E-state index in [9.17, 15) is 0 Å². The Morgan fingerprint density at radius 3 is 2.47 bits per heavy atom. The Bertz CT molecular complexity index is 281. The molecule has 0 radical (unpaired) electrons. The number of aryl methyl sites for hydroxylation is 1. The fourth-order valence-electron chi connectivity index (χ4n) is 1.73. The SMILES string of the molecule is CCCc1nc(C(N)C(CC)CC)no1. The molecule has 1 aromatic heterocycles. The zero-order valence-electron chi connectivity index (χ0n) is 9.86. The molecule has 1 atom stereocenters. The minimum absolute atomic E-state index is 0.0886. The van der Waals surface area contributed by atoms with Gasteiger partial charge in [-0.1, -0.05) is 38.8 Å². The van der Waals surface area contributed by atoms with E-state index in [1.54, 1.807) is 0 Å². The lowest BCUT2D eigenvalue weighted by molar-refractivity contribution is 0.347. The van der Waals surface area contributed by atoms with Crippen LogP contribution in [0.2, 0.25) is 0 Å². The van der Waals surface area contributed by atoms with Crippen molar-refractivity contribution in [2.75, 3.05) is 0 Å². The molecule has 0 aliphatic rings. The summed E-state index contributed by atoms with van der Waals surface area (Å²) in [7, 11) is 0. The molecule has 4 nitrogen and oxygen atoms in total. The normalized spacial score (nSPS) is 13.4. The zero-order valence-corrected chi connectivity index (χ0v) is 9.86. The summed E-state index contributed by atoms with van der Waals surface area (Å²) >= 11 is 0. The third kappa shape index (κ3) is 3.02. The predicted octanol–water partition coefficient (Wildman–Crippen LogP) is 2.46. The second kappa shape index (κ2) is 5.85. The topological polar surface area (TPSA) is 64.9 Å². The summed E-state index contributed by atoms with van der Waals surface area (Å²) in [6.45, 7) is 6.37. The standard InChI is InChI=1S/C11H21N3O/c1-4-7-9-13-11(14-15-9)10(12)8(5-2)6-3/h8,10H,4-7,12H2,1-3H3. The number of nitrogens with two attached hydrogens (primary N) is 1. The van der Waals surface area contributed by atoms with Gasteiger partial charge in [0.05, 0.1) is 6.04 Å². The maximum Gasteiger partial charge on any atom is 0.226 e. The number of hydrogen-bond donors (Lipinski definition) is 1. The molecule has 0 aliphatic carbocycles. The lowest BCUT2D eigenvalue weighted by atomic mass is 9.94. The number of hydrogen-bond acceptors (Lipinski definition) is 4. The van der Waals surface area contributed by atoms with Gasteiger partial charge in [0.25, 0.3) is 0 Å². The van der Waals surface area contributed by atoms with Gasteiger partial charge in [-0.3, -0.25) is 0 Å². The summed E-state index contributed by atoms with van der Waals surface area (Å²) < 4.78 is 5.12. The molecule has 15 heavy (non-hydrogen) atoms. The maximum absolute atomic E-state index is 6.08. The molecule has 1 rings (SSSR count). The summed E-state index contributed by atoms with van der Waals surface area (Å²) in [5.74, 6) is 1.80. The Balaban J connectivity index is 2.68. The van der Waals surface area contributed by atoms with Crippen molar-refractivity contribution >= 4 is 0 Å². The first-order valence-corrected chi connectivity index (χ1v) is 5.80. The van der Waals surface area contributed by atoms with E-state index in [1.807, 2.05) is 0 Å². The van der Waals surface area contributed by atoms with Crippen LogP contribution in [-0.4, -0.2) is 10.1 Å². The molecule has 0 saturated heterocycles. The zero-order chi connectivity index (χ0) is 11.3. The van der Waals surface area contributed by atoms with Gasteiger partial charge in [-0.05, 0) is 12.3 Å². The minimum Gasteiger partial charge on any atom is -0.339 e. The largest absolute Gasteiger partial charge is 0.339 e. The summed E-state index contributed by atoms with van der Waals surface area (Å²) in [4.78, 5) is 4.31. The molecule has 0 spiro atoms. The molecule has 1 aromatic rings. The first-order chi connectivity index (χ1) is 7.22. The Morgan fingerprint density at radius 2 is 1.93 bits per heavy atom. The van der Waals surface area contributed by atoms with Crippen LogP contribution in [0.4, 0.5) is 0 Å². The van der Waals surface area contributed by atoms with E-state index in [0.717, 1.165) is 25.7 Å². The molecule has 0 saturated carbocycles. The highest BCUT2D eigenvalue weighted by Crippen LogP contribution is 2.22. The number of rotatable bonds is 6. The molecular formula is C11H21N3O. The first-order valence-electron chi connectivity index (χ1n) is 5.80. The van der Waals surface area contributed by atoms with Crippen molar-refractivity contribution in [3.05, 3.63) is 11.7 Å². The van der Waals surface area contributed by atoms with E-state index in [-0.39, 0.29) is 6.04 Å². The summed E-state index contributed by atoms with van der Waals surface area (Å²) in [6, 6.07) is -0.0886. The van der Waals surface area contributed by atoms with E-state index in [1.165, 1.54) is 0 Å². The van der Waals surface area contributed by atoms with Crippen LogP contribution in [0.3, 0.4) is 0 Å². The van der Waals surface area contributed by atoms with Crippen molar-refractivity contribution in [3.63, 3.8) is 0 Å². The van der Waals surface area contributed by atoms with E-state index < -0.39 is 0 Å². The highest BCUT2D eigenvalue weighted by atomic mass is 16.5. The number of aromatic nitrogens is 2. The summed E-state index contributed by atoms with van der Waals surface area (Å²) in [6.07, 6.45) is 3.95. The fourth-order valence-corrected chi connectivity index (χ4v) is 1.73. The van der Waals surface area contributed by atoms with Crippen LogP contribution in [0.25, 0.3) is 0 Å². The molecule has 4 heteroatoms. The minimum atomic E-state index is -0.0886. The molecule has 1 heterocycles. The molecule has 0 aromatic carbocycles. The van der Waals surface area contributed by atoms with Gasteiger partial charge in [-0.15, -0.1) is 0 Å². The highest BCUT2D eigenvalue weighted by Gasteiger charge is 2.21. The highest BCUT2D eigenvalue weighted by molar-refractivity contribution is 4.95. The van der Waals surface area contributed by atoms with Gasteiger partial charge >= 0.3 is 0 Å². The van der Waals surface area contributed by atoms with Crippen molar-refractivity contribution in [1.82, 2.24) is 10.1 Å². The van der Waals surface area contributed by atoms with Gasteiger partial charge in [-0.2, -0.15) is 4.98 Å². The molecule has 0 bridgehead atoms. The van der Waals surface area contributed by atoms with Crippen LogP contribution in [0.5, 0.6) is 0 Å². The fraction of sp³-hybridized carbons (Fsp3) is 0.818. The smallest absolute Gasteiger partial charge is 0.226 e. The van der Waals surface area contributed by atoms with Crippen LogP contribution in [0.15, 0.2) is 4.52 Å². The Labute approximate surface area is 91.2 Å². The summed E-state index contributed by atoms with van der Waals surface area (Å²) in [5.41, 5.74) is 6.08. The van der Waals surface area contributed by atoms with Crippen molar-refractivity contribution < 1.29 is 4.52 Å². The van der Waals surface area contributed by atoms with E-state index >= 15 is 0 Å². The van der Waals surface area contributed by atoms with E-state index in [2.05, 4.69) is 30.9 Å². The molecule has 2 N–H and O–H groups in total. The summed E-state index contributed by atoms with van der Waals surface area (Å²) in [5, 5.41) is 3.94. The van der Waals surface area contributed by atoms with Crippen molar-refractivity contribution in [2.45, 2.75) is 52.5 Å². The van der Waals surface area contributed by atoms with Gasteiger partial charge in [0, 0.05) is 6.42 Å². The van der Waals surface area contributed by atoms with Gasteiger partial charge in [0.1, 0.15) is 0 Å². The van der Waals surface area contributed by atoms with E-state index in [4.69, 9.17) is 10.3 Å². The van der Waals surface area contributed by atoms with Crippen LogP contribution in [0.1, 0.15) is 57.8 Å². The van der Waals surface area contributed by atoms with Gasteiger partial charge < -0.3 is 10.3 Å². The molecule has 86 valence electrons. The average Bonchev–Trinajstić information content (AvgIpc) is 2.68. The first kappa shape index (κ1) is 12.2. The van der Waals surface area contributed by atoms with Crippen LogP contribution < -0.4 is 5.73 Å². The molecule has 0 amide bonds. The Hall–Kier alpha value is -0.900. The lowest BCUT2D eigenvalue weighted by Crippen LogP contribution is -2.21. The molecule has 0 aliphatic heterocycles. The lowest BCUT2D eigenvalue weighted by Gasteiger charge is -2.17. The van der Waals surface area contributed by atoms with Gasteiger partial charge in [0.15, 0.2) is 5.82 Å². The van der Waals surface area contributed by atoms with Crippen molar-refractivity contribution in [1.29, 1.82) is 0 Å². The molecular weight excluding hydrogens is 190 g/mol. The Morgan fingerprint density at radius 1 is 1.27 bits per heavy atom. The van der Waals surface area contributed by atoms with Crippen LogP contribution in [-0.2, 0) is 6.42 Å². The maximum atomic E-state index is 6.08. The quantitative estimate of drug-likeness (QED) is 0.785. The van der Waals surface area contributed by atoms with Crippen molar-refractivity contribution in [2.24, 2.45) is 11.7 Å². The van der Waals surface area contributed by atoms with Gasteiger partial charge in [-0.25, -0.2) is 0 Å². The second-order valence-electron chi connectivity index (χ2n) is 3.90. The monoisotopic (exact) mass is 211 g/mol. The second-order valence-corrected chi connectivity index (χ2v) is 3.90. The third-order valence-corrected chi connectivity index (χ3v) is 2.80. The van der Waals surface area contributed by atoms with Crippen LogP contribution >= 0.6 is 0 Å². The van der Waals surface area contributed by atoms with Crippen LogP contribution in [0, 0.1) is 5.92 Å². The third-order valence-electron chi connectivity index (χ3n) is 2.80. The molecule has 0 fully saturated rings. The van der Waals surface area contributed by atoms with E-state index in [0.29, 0.717) is 17.6 Å². The molecule has 1 unspecified atom stereocenters. The Kier molecular flexibility index (Phi) is 4.75. The average molecular weight is 211 g/mol. The van der Waals surface area contributed by atoms with Crippen molar-refractivity contribution in [3.8, 4) is 0 Å². The number of nitrogens with zero attached hydrogens (tertiary/aromatic N) is 2.